The van der Waals surface area contributed by atoms with Gasteiger partial charge in [-0.25, -0.2) is 0 Å². The summed E-state index contributed by atoms with van der Waals surface area (Å²) in [7, 11) is 0. The smallest absolute Gasteiger partial charge is 0.0668 e. The summed E-state index contributed by atoms with van der Waals surface area (Å²) in [6.07, 6.45) is 10.0. The number of benzene rings is 2. The Morgan fingerprint density at radius 1 is 0.839 bits per heavy atom. The Labute approximate surface area is 187 Å². The van der Waals surface area contributed by atoms with Crippen LogP contribution in [0.15, 0.2) is 84.5 Å². The molecule has 0 saturated heterocycles. The average Bonchev–Trinajstić information content (AvgIpc) is 3.23. The molecule has 0 aliphatic heterocycles. The van der Waals surface area contributed by atoms with E-state index in [1.807, 2.05) is 0 Å². The average molecular weight is 408 g/mol. The molecule has 3 aromatic rings. The van der Waals surface area contributed by atoms with E-state index in [9.17, 15) is 0 Å². The lowest BCUT2D eigenvalue weighted by atomic mass is 9.98. The largest absolute Gasteiger partial charge is 0.253 e. The molecule has 0 fully saturated rings. The fourth-order valence-corrected chi connectivity index (χ4v) is 4.34. The molecule has 0 atom stereocenters. The maximum Gasteiger partial charge on any atom is 0.0668 e. The van der Waals surface area contributed by atoms with Crippen LogP contribution >= 0.6 is 0 Å². The Hall–Kier alpha value is -2.93. The third-order valence-electron chi connectivity index (χ3n) is 6.12. The van der Waals surface area contributed by atoms with E-state index in [4.69, 9.17) is 4.98 Å². The topological polar surface area (TPSA) is 12.9 Å². The van der Waals surface area contributed by atoms with Crippen LogP contribution in [0.25, 0.3) is 5.57 Å². The second-order valence-corrected chi connectivity index (χ2v) is 9.13. The van der Waals surface area contributed by atoms with Gasteiger partial charge in [0.1, 0.15) is 0 Å². The molecular formula is C30H33N. The molecular weight excluding hydrogens is 374 g/mol. The van der Waals surface area contributed by atoms with Crippen molar-refractivity contribution in [2.75, 3.05) is 0 Å². The Bertz CT molecular complexity index is 1100. The van der Waals surface area contributed by atoms with E-state index in [1.165, 1.54) is 39.8 Å². The molecule has 0 bridgehead atoms. The van der Waals surface area contributed by atoms with Crippen molar-refractivity contribution in [3.05, 3.63) is 118 Å². The van der Waals surface area contributed by atoms with Crippen molar-refractivity contribution in [2.24, 2.45) is 0 Å². The summed E-state index contributed by atoms with van der Waals surface area (Å²) < 4.78 is 0. The number of aromatic nitrogens is 1. The van der Waals surface area contributed by atoms with Gasteiger partial charge in [0.05, 0.1) is 5.69 Å². The first kappa shape index (κ1) is 21.3. The minimum Gasteiger partial charge on any atom is -0.253 e. The summed E-state index contributed by atoms with van der Waals surface area (Å²) in [6, 6.07) is 24.3. The fraction of sp³-hybridized carbons (Fsp3) is 0.300. The van der Waals surface area contributed by atoms with Crippen LogP contribution in [0.1, 0.15) is 72.7 Å². The third kappa shape index (κ3) is 5.82. The first-order valence-electron chi connectivity index (χ1n) is 11.6. The van der Waals surface area contributed by atoms with E-state index in [0.29, 0.717) is 5.92 Å². The molecule has 0 saturated carbocycles. The van der Waals surface area contributed by atoms with Gasteiger partial charge in [0.2, 0.25) is 0 Å². The maximum atomic E-state index is 4.99. The van der Waals surface area contributed by atoms with Crippen molar-refractivity contribution in [1.82, 2.24) is 4.98 Å². The number of nitrogens with zero attached hydrogens (tertiary/aromatic N) is 1. The lowest BCUT2D eigenvalue weighted by Crippen LogP contribution is -1.98. The Balaban J connectivity index is 1.33. The normalized spacial score (nSPS) is 13.4. The van der Waals surface area contributed by atoms with Crippen molar-refractivity contribution in [3.63, 3.8) is 0 Å². The van der Waals surface area contributed by atoms with Crippen molar-refractivity contribution >= 4 is 5.57 Å². The van der Waals surface area contributed by atoms with Crippen LogP contribution in [-0.2, 0) is 12.8 Å². The molecule has 1 heterocycles. The number of rotatable bonds is 8. The lowest BCUT2D eigenvalue weighted by Gasteiger charge is -2.10. The van der Waals surface area contributed by atoms with Gasteiger partial charge >= 0.3 is 0 Å². The van der Waals surface area contributed by atoms with Crippen LogP contribution in [0.2, 0.25) is 0 Å². The molecule has 1 aromatic heterocycles. The quantitative estimate of drug-likeness (QED) is 0.370. The van der Waals surface area contributed by atoms with Gasteiger partial charge in [-0.3, -0.25) is 4.98 Å². The van der Waals surface area contributed by atoms with Crippen LogP contribution < -0.4 is 0 Å². The highest BCUT2D eigenvalue weighted by Gasteiger charge is 2.12. The van der Waals surface area contributed by atoms with E-state index in [-0.39, 0.29) is 0 Å². The van der Waals surface area contributed by atoms with Crippen LogP contribution in [-0.4, -0.2) is 4.98 Å². The van der Waals surface area contributed by atoms with Crippen LogP contribution in [0.4, 0.5) is 0 Å². The van der Waals surface area contributed by atoms with Crippen LogP contribution in [0.5, 0.6) is 0 Å². The van der Waals surface area contributed by atoms with Crippen molar-refractivity contribution in [3.8, 4) is 0 Å². The third-order valence-corrected chi connectivity index (χ3v) is 6.12. The molecule has 0 amide bonds. The van der Waals surface area contributed by atoms with Gasteiger partial charge in [-0.2, -0.15) is 0 Å². The maximum absolute atomic E-state index is 4.99. The predicted octanol–water partition coefficient (Wildman–Crippen LogP) is 7.84. The number of allylic oxidation sites excluding steroid dienone is 4. The number of aryl methyl sites for hydroxylation is 2. The summed E-state index contributed by atoms with van der Waals surface area (Å²) in [5.41, 5.74) is 10.7. The summed E-state index contributed by atoms with van der Waals surface area (Å²) in [4.78, 5) is 4.99. The number of hydrogen-bond acceptors (Lipinski definition) is 1. The molecule has 0 unspecified atom stereocenters. The van der Waals surface area contributed by atoms with Crippen molar-refractivity contribution in [1.29, 1.82) is 0 Å². The zero-order valence-electron chi connectivity index (χ0n) is 19.1. The van der Waals surface area contributed by atoms with Gasteiger partial charge in [-0.15, -0.1) is 0 Å². The standard InChI is InChI=1S/C30H33N/c1-22(2)27-13-6-12-26(20-27)21-29-14-7-15-30(31-29)28-17-16-25(19-28)11-5-10-24-9-4-8-23(3)18-24/h4,6-9,12-18,20,22H,5,10-11,19,21H2,1-3H3. The van der Waals surface area contributed by atoms with Crippen molar-refractivity contribution in [2.45, 2.75) is 58.8 Å². The number of pyridine rings is 1. The SMILES string of the molecule is Cc1cccc(CCCC2=CC=C(c3cccc(Cc4cccc(C(C)C)c4)n3)C2)c1. The summed E-state index contributed by atoms with van der Waals surface area (Å²) in [5.74, 6) is 0.554. The second-order valence-electron chi connectivity index (χ2n) is 9.13. The molecule has 31 heavy (non-hydrogen) atoms. The monoisotopic (exact) mass is 407 g/mol. The highest BCUT2D eigenvalue weighted by atomic mass is 14.7. The molecule has 4 rings (SSSR count). The van der Waals surface area contributed by atoms with Crippen LogP contribution in [0.3, 0.4) is 0 Å². The zero-order chi connectivity index (χ0) is 21.6. The Kier molecular flexibility index (Phi) is 6.82. The minimum atomic E-state index is 0.554. The first-order valence-corrected chi connectivity index (χ1v) is 11.6. The molecule has 0 N–H and O–H groups in total. The summed E-state index contributed by atoms with van der Waals surface area (Å²) in [6.45, 7) is 6.66. The Morgan fingerprint density at radius 3 is 2.48 bits per heavy atom. The molecule has 2 aromatic carbocycles. The highest BCUT2D eigenvalue weighted by molar-refractivity contribution is 5.70. The first-order chi connectivity index (χ1) is 15.1. The molecule has 1 aliphatic rings. The van der Waals surface area contributed by atoms with Gasteiger partial charge < -0.3 is 0 Å². The molecule has 1 nitrogen and oxygen atoms in total. The van der Waals surface area contributed by atoms with Gasteiger partial charge in [0.25, 0.3) is 0 Å². The van der Waals surface area contributed by atoms with Gasteiger partial charge in [-0.1, -0.05) is 91.7 Å². The van der Waals surface area contributed by atoms with E-state index >= 15 is 0 Å². The van der Waals surface area contributed by atoms with E-state index in [2.05, 4.69) is 99.7 Å². The summed E-state index contributed by atoms with van der Waals surface area (Å²) >= 11 is 0. The van der Waals surface area contributed by atoms with E-state index in [0.717, 1.165) is 37.1 Å². The minimum absolute atomic E-state index is 0.554. The fourth-order valence-electron chi connectivity index (χ4n) is 4.34. The van der Waals surface area contributed by atoms with Gasteiger partial charge in [0.15, 0.2) is 0 Å². The van der Waals surface area contributed by atoms with Crippen molar-refractivity contribution < 1.29 is 0 Å². The van der Waals surface area contributed by atoms with Gasteiger partial charge in [0, 0.05) is 12.1 Å². The molecule has 0 spiro atoms. The molecule has 1 heteroatoms. The molecule has 0 radical (unpaired) electrons. The highest BCUT2D eigenvalue weighted by Crippen LogP contribution is 2.30. The second kappa shape index (κ2) is 9.92. The molecule has 1 aliphatic carbocycles. The van der Waals surface area contributed by atoms with E-state index < -0.39 is 0 Å². The van der Waals surface area contributed by atoms with E-state index in [1.54, 1.807) is 0 Å². The zero-order valence-corrected chi connectivity index (χ0v) is 19.1. The molecule has 158 valence electrons. The van der Waals surface area contributed by atoms with Gasteiger partial charge in [-0.05, 0) is 72.9 Å². The van der Waals surface area contributed by atoms with Crippen LogP contribution in [0, 0.1) is 6.92 Å². The Morgan fingerprint density at radius 2 is 1.65 bits per heavy atom. The summed E-state index contributed by atoms with van der Waals surface area (Å²) in [5, 5.41) is 0. The predicted molar refractivity (Wildman–Crippen MR) is 132 cm³/mol. The lowest BCUT2D eigenvalue weighted by molar-refractivity contribution is 0.802. The number of hydrogen-bond donors (Lipinski definition) is 0.